The molecule has 1 aliphatic heterocycles. The number of aromatic nitrogens is 2. The number of nitrogens with one attached hydrogen (secondary N) is 2. The Balaban J connectivity index is 2.19. The van der Waals surface area contributed by atoms with Gasteiger partial charge in [-0.15, -0.1) is 0 Å². The molecule has 0 bridgehead atoms. The first kappa shape index (κ1) is 16.1. The molecule has 0 atom stereocenters. The molecule has 0 aliphatic carbocycles. The monoisotopic (exact) mass is 295 g/mol. The van der Waals surface area contributed by atoms with Crippen LogP contribution in [-0.2, 0) is 21.6 Å². The second-order valence-corrected chi connectivity index (χ2v) is 5.92. The molecule has 0 spiro atoms. The normalized spacial score (nSPS) is 18.1. The van der Waals surface area contributed by atoms with Crippen LogP contribution in [-0.4, -0.2) is 36.8 Å². The molecule has 0 saturated carbocycles. The molecule has 1 aliphatic rings. The molecule has 6 nitrogen and oxygen atoms in total. The third-order valence-electron chi connectivity index (χ3n) is 3.78. The second kappa shape index (κ2) is 7.15. The van der Waals surface area contributed by atoms with Crippen LogP contribution >= 0.6 is 0 Å². The van der Waals surface area contributed by atoms with E-state index in [1.54, 1.807) is 13.2 Å². The van der Waals surface area contributed by atoms with Crippen molar-refractivity contribution < 1.29 is 9.47 Å². The number of nitrogens with zero attached hydrogens (tertiary/aromatic N) is 1. The molecular weight excluding hydrogens is 270 g/mol. The molecule has 2 rings (SSSR count). The minimum Gasteiger partial charge on any atom is -0.381 e. The van der Waals surface area contributed by atoms with E-state index in [1.807, 2.05) is 0 Å². The van der Waals surface area contributed by atoms with Crippen LogP contribution in [0.1, 0.15) is 38.2 Å². The number of methoxy groups -OCH3 is 1. The summed E-state index contributed by atoms with van der Waals surface area (Å²) < 4.78 is 11.1. The predicted octanol–water partition coefficient (Wildman–Crippen LogP) is 1.17. The largest absolute Gasteiger partial charge is 0.381 e. The molecular formula is C15H25N3O3. The lowest BCUT2D eigenvalue weighted by Gasteiger charge is -2.34. The van der Waals surface area contributed by atoms with Crippen LogP contribution in [0.5, 0.6) is 0 Å². The van der Waals surface area contributed by atoms with Crippen LogP contribution in [0.25, 0.3) is 0 Å². The van der Waals surface area contributed by atoms with Gasteiger partial charge in [0.25, 0.3) is 5.56 Å². The van der Waals surface area contributed by atoms with Crippen molar-refractivity contribution in [2.75, 3.05) is 26.9 Å². The molecule has 1 aromatic rings. The van der Waals surface area contributed by atoms with Gasteiger partial charge in [0.05, 0.1) is 5.69 Å². The van der Waals surface area contributed by atoms with E-state index in [0.29, 0.717) is 44.3 Å². The molecule has 1 aromatic heterocycles. The van der Waals surface area contributed by atoms with Gasteiger partial charge >= 0.3 is 0 Å². The summed E-state index contributed by atoms with van der Waals surface area (Å²) in [6, 6.07) is 1.54. The summed E-state index contributed by atoms with van der Waals surface area (Å²) in [7, 11) is 1.66. The lowest BCUT2D eigenvalue weighted by molar-refractivity contribution is -0.100. The Morgan fingerprint density at radius 2 is 2.19 bits per heavy atom. The first-order valence-corrected chi connectivity index (χ1v) is 7.50. The number of H-pyrrole nitrogens is 1. The van der Waals surface area contributed by atoms with E-state index < -0.39 is 5.60 Å². The topological polar surface area (TPSA) is 76.2 Å². The third kappa shape index (κ3) is 4.12. The van der Waals surface area contributed by atoms with Gasteiger partial charge in [0.15, 0.2) is 0 Å². The molecule has 0 radical (unpaired) electrons. The molecule has 0 amide bonds. The lowest BCUT2D eigenvalue weighted by Crippen LogP contribution is -2.39. The standard InChI is InChI=1S/C15H25N3O3/c1-11(2)9-16-10-12-8-13(19)18-14(17-12)15(20-3)4-6-21-7-5-15/h8,11,16H,4-7,9-10H2,1-3H3,(H,17,18,19). The molecule has 118 valence electrons. The maximum Gasteiger partial charge on any atom is 0.251 e. The fourth-order valence-corrected chi connectivity index (χ4v) is 2.54. The van der Waals surface area contributed by atoms with Crippen molar-refractivity contribution in [3.8, 4) is 0 Å². The van der Waals surface area contributed by atoms with Gasteiger partial charge in [-0.05, 0) is 12.5 Å². The Morgan fingerprint density at radius 1 is 1.48 bits per heavy atom. The summed E-state index contributed by atoms with van der Waals surface area (Å²) in [5, 5.41) is 3.31. The van der Waals surface area contributed by atoms with Gasteiger partial charge in [-0.2, -0.15) is 0 Å². The van der Waals surface area contributed by atoms with Crippen molar-refractivity contribution in [2.24, 2.45) is 5.92 Å². The van der Waals surface area contributed by atoms with Gasteiger partial charge in [0.2, 0.25) is 0 Å². The summed E-state index contributed by atoms with van der Waals surface area (Å²) in [5.41, 5.74) is 0.0763. The van der Waals surface area contributed by atoms with Gasteiger partial charge in [-0.1, -0.05) is 13.8 Å². The Labute approximate surface area is 125 Å². The summed E-state index contributed by atoms with van der Waals surface area (Å²) >= 11 is 0. The minimum atomic E-state index is -0.536. The van der Waals surface area contributed by atoms with E-state index in [-0.39, 0.29) is 5.56 Å². The van der Waals surface area contributed by atoms with E-state index in [2.05, 4.69) is 29.1 Å². The fraction of sp³-hybridized carbons (Fsp3) is 0.733. The SMILES string of the molecule is COC1(c2nc(CNCC(C)C)cc(=O)[nH]2)CCOCC1. The summed E-state index contributed by atoms with van der Waals surface area (Å²) in [6.45, 7) is 7.01. The number of hydrogen-bond acceptors (Lipinski definition) is 5. The van der Waals surface area contributed by atoms with E-state index in [4.69, 9.17) is 9.47 Å². The Kier molecular flexibility index (Phi) is 5.50. The average Bonchev–Trinajstić information content (AvgIpc) is 2.47. The number of aromatic amines is 1. The summed E-state index contributed by atoms with van der Waals surface area (Å²) in [4.78, 5) is 19.3. The zero-order chi connectivity index (χ0) is 15.3. The van der Waals surface area contributed by atoms with Gasteiger partial charge in [0.1, 0.15) is 11.4 Å². The highest BCUT2D eigenvalue weighted by molar-refractivity contribution is 5.10. The predicted molar refractivity (Wildman–Crippen MR) is 80.1 cm³/mol. The molecule has 2 N–H and O–H groups in total. The highest BCUT2D eigenvalue weighted by Gasteiger charge is 2.37. The highest BCUT2D eigenvalue weighted by Crippen LogP contribution is 2.32. The molecule has 1 saturated heterocycles. The van der Waals surface area contributed by atoms with Crippen LogP contribution in [0.3, 0.4) is 0 Å². The van der Waals surface area contributed by atoms with E-state index in [0.717, 1.165) is 12.2 Å². The van der Waals surface area contributed by atoms with Crippen molar-refractivity contribution in [1.29, 1.82) is 0 Å². The van der Waals surface area contributed by atoms with Gasteiger partial charge in [0, 0.05) is 45.8 Å². The van der Waals surface area contributed by atoms with E-state index in [9.17, 15) is 4.79 Å². The fourth-order valence-electron chi connectivity index (χ4n) is 2.54. The van der Waals surface area contributed by atoms with Gasteiger partial charge in [-0.25, -0.2) is 4.98 Å². The molecule has 2 heterocycles. The maximum atomic E-state index is 11.9. The minimum absolute atomic E-state index is 0.135. The molecule has 0 unspecified atom stereocenters. The molecule has 1 fully saturated rings. The van der Waals surface area contributed by atoms with Crippen molar-refractivity contribution in [3.05, 3.63) is 27.9 Å². The average molecular weight is 295 g/mol. The van der Waals surface area contributed by atoms with E-state index >= 15 is 0 Å². The Hall–Kier alpha value is -1.24. The number of hydrogen-bond donors (Lipinski definition) is 2. The van der Waals surface area contributed by atoms with Crippen LogP contribution in [0.15, 0.2) is 10.9 Å². The summed E-state index contributed by atoms with van der Waals surface area (Å²) in [6.07, 6.45) is 1.41. The molecule has 6 heteroatoms. The van der Waals surface area contributed by atoms with Crippen molar-refractivity contribution in [2.45, 2.75) is 38.8 Å². The van der Waals surface area contributed by atoms with Crippen molar-refractivity contribution >= 4 is 0 Å². The smallest absolute Gasteiger partial charge is 0.251 e. The van der Waals surface area contributed by atoms with Crippen LogP contribution in [0.2, 0.25) is 0 Å². The Bertz CT molecular complexity index is 507. The van der Waals surface area contributed by atoms with Crippen molar-refractivity contribution in [3.63, 3.8) is 0 Å². The Morgan fingerprint density at radius 3 is 2.81 bits per heavy atom. The van der Waals surface area contributed by atoms with Gasteiger partial charge in [-0.3, -0.25) is 4.79 Å². The van der Waals surface area contributed by atoms with Crippen LogP contribution < -0.4 is 10.9 Å². The van der Waals surface area contributed by atoms with Crippen LogP contribution in [0.4, 0.5) is 0 Å². The van der Waals surface area contributed by atoms with Crippen molar-refractivity contribution in [1.82, 2.24) is 15.3 Å². The molecule has 21 heavy (non-hydrogen) atoms. The zero-order valence-corrected chi connectivity index (χ0v) is 13.1. The number of ether oxygens (including phenoxy) is 2. The third-order valence-corrected chi connectivity index (χ3v) is 3.78. The van der Waals surface area contributed by atoms with E-state index in [1.165, 1.54) is 0 Å². The maximum absolute atomic E-state index is 11.9. The summed E-state index contributed by atoms with van der Waals surface area (Å²) in [5.74, 6) is 1.18. The number of rotatable bonds is 6. The second-order valence-electron chi connectivity index (χ2n) is 5.92. The first-order chi connectivity index (χ1) is 10.1. The van der Waals surface area contributed by atoms with Gasteiger partial charge < -0.3 is 19.8 Å². The first-order valence-electron chi connectivity index (χ1n) is 7.50. The highest BCUT2D eigenvalue weighted by atomic mass is 16.5. The lowest BCUT2D eigenvalue weighted by atomic mass is 9.93. The molecule has 0 aromatic carbocycles. The quantitative estimate of drug-likeness (QED) is 0.824. The van der Waals surface area contributed by atoms with Crippen LogP contribution in [0, 0.1) is 5.92 Å². The zero-order valence-electron chi connectivity index (χ0n) is 13.1.